The van der Waals surface area contributed by atoms with E-state index in [0.717, 1.165) is 24.7 Å². The molecule has 1 aromatic rings. The summed E-state index contributed by atoms with van der Waals surface area (Å²) < 4.78 is 5.39. The number of aromatic nitrogens is 2. The van der Waals surface area contributed by atoms with E-state index in [-0.39, 0.29) is 0 Å². The van der Waals surface area contributed by atoms with Crippen LogP contribution in [0.3, 0.4) is 0 Å². The molecule has 0 bridgehead atoms. The molecule has 0 radical (unpaired) electrons. The number of nitrogens with one attached hydrogen (secondary N) is 1. The molecule has 1 aliphatic carbocycles. The van der Waals surface area contributed by atoms with Crippen LogP contribution in [0.2, 0.25) is 0 Å². The van der Waals surface area contributed by atoms with E-state index < -0.39 is 0 Å². The molecule has 0 spiro atoms. The summed E-state index contributed by atoms with van der Waals surface area (Å²) in [4.78, 5) is 4.53. The maximum Gasteiger partial charge on any atom is 0.231 e. The maximum atomic E-state index is 5.39. The predicted molar refractivity (Wildman–Crippen MR) is 62.4 cm³/mol. The van der Waals surface area contributed by atoms with Gasteiger partial charge in [-0.15, -0.1) is 0 Å². The lowest BCUT2D eigenvalue weighted by Gasteiger charge is -2.19. The molecule has 4 nitrogen and oxygen atoms in total. The van der Waals surface area contributed by atoms with Crippen molar-refractivity contribution in [3.05, 3.63) is 11.7 Å². The summed E-state index contributed by atoms with van der Waals surface area (Å²) in [5.41, 5.74) is 0. The molecule has 0 amide bonds. The molecule has 1 N–H and O–H groups in total. The Hall–Kier alpha value is -0.900. The second-order valence-corrected chi connectivity index (χ2v) is 4.63. The van der Waals surface area contributed by atoms with Gasteiger partial charge in [-0.2, -0.15) is 4.98 Å². The molecule has 90 valence electrons. The second-order valence-electron chi connectivity index (χ2n) is 4.63. The van der Waals surface area contributed by atoms with E-state index in [2.05, 4.69) is 36.2 Å². The summed E-state index contributed by atoms with van der Waals surface area (Å²) >= 11 is 0. The first-order valence-corrected chi connectivity index (χ1v) is 6.33. The van der Waals surface area contributed by atoms with E-state index >= 15 is 0 Å². The normalized spacial score (nSPS) is 19.7. The molecule has 1 saturated carbocycles. The summed E-state index contributed by atoms with van der Waals surface area (Å²) in [6, 6.07) is 0.391. The van der Waals surface area contributed by atoms with Gasteiger partial charge in [0.2, 0.25) is 5.89 Å². The van der Waals surface area contributed by atoms with Crippen molar-refractivity contribution in [2.24, 2.45) is 0 Å². The molecule has 0 aromatic carbocycles. The molecule has 2 rings (SSSR count). The highest BCUT2D eigenvalue weighted by Gasteiger charge is 2.31. The highest BCUT2D eigenvalue weighted by Crippen LogP contribution is 2.38. The molecule has 1 fully saturated rings. The van der Waals surface area contributed by atoms with E-state index in [1.807, 2.05) is 0 Å². The SMILES string of the molecule is CCNC(C)C(CC)c1nc(C2CC2)no1. The van der Waals surface area contributed by atoms with E-state index in [4.69, 9.17) is 4.52 Å². The lowest BCUT2D eigenvalue weighted by molar-refractivity contribution is 0.316. The highest BCUT2D eigenvalue weighted by molar-refractivity contribution is 5.06. The smallest absolute Gasteiger partial charge is 0.231 e. The van der Waals surface area contributed by atoms with Crippen LogP contribution in [0.15, 0.2) is 4.52 Å². The molecule has 2 unspecified atom stereocenters. The predicted octanol–water partition coefficient (Wildman–Crippen LogP) is 2.44. The number of likely N-dealkylation sites (N-methyl/N-ethyl adjacent to an activating group) is 1. The van der Waals surface area contributed by atoms with E-state index in [0.29, 0.717) is 17.9 Å². The van der Waals surface area contributed by atoms with Crippen LogP contribution in [0.4, 0.5) is 0 Å². The largest absolute Gasteiger partial charge is 0.339 e. The minimum absolute atomic E-state index is 0.333. The van der Waals surface area contributed by atoms with Crippen LogP contribution in [0.25, 0.3) is 0 Å². The van der Waals surface area contributed by atoms with Crippen LogP contribution >= 0.6 is 0 Å². The maximum absolute atomic E-state index is 5.39. The Morgan fingerprint density at radius 1 is 1.44 bits per heavy atom. The van der Waals surface area contributed by atoms with Gasteiger partial charge in [0.1, 0.15) is 0 Å². The van der Waals surface area contributed by atoms with Crippen LogP contribution in [0.5, 0.6) is 0 Å². The molecule has 0 aliphatic heterocycles. The first kappa shape index (κ1) is 11.6. The van der Waals surface area contributed by atoms with Gasteiger partial charge in [0.15, 0.2) is 5.82 Å². The lowest BCUT2D eigenvalue weighted by Crippen LogP contribution is -2.31. The van der Waals surface area contributed by atoms with E-state index in [9.17, 15) is 0 Å². The zero-order valence-corrected chi connectivity index (χ0v) is 10.4. The van der Waals surface area contributed by atoms with Crippen LogP contribution in [-0.4, -0.2) is 22.7 Å². The van der Waals surface area contributed by atoms with Gasteiger partial charge in [-0.05, 0) is 32.7 Å². The molecular formula is C12H21N3O. The lowest BCUT2D eigenvalue weighted by atomic mass is 9.98. The Balaban J connectivity index is 2.06. The van der Waals surface area contributed by atoms with E-state index in [1.54, 1.807) is 0 Å². The monoisotopic (exact) mass is 223 g/mol. The van der Waals surface area contributed by atoms with Crippen molar-refractivity contribution in [2.75, 3.05) is 6.54 Å². The van der Waals surface area contributed by atoms with Crippen molar-refractivity contribution in [3.8, 4) is 0 Å². The fourth-order valence-electron chi connectivity index (χ4n) is 2.11. The Bertz CT molecular complexity index is 333. The third-order valence-electron chi connectivity index (χ3n) is 3.29. The first-order chi connectivity index (χ1) is 7.76. The van der Waals surface area contributed by atoms with Gasteiger partial charge in [0.25, 0.3) is 0 Å². The first-order valence-electron chi connectivity index (χ1n) is 6.33. The van der Waals surface area contributed by atoms with Crippen LogP contribution in [0.1, 0.15) is 63.6 Å². The summed E-state index contributed by atoms with van der Waals surface area (Å²) in [5.74, 6) is 2.62. The average Bonchev–Trinajstić information content (AvgIpc) is 3.01. The fourth-order valence-corrected chi connectivity index (χ4v) is 2.11. The minimum atomic E-state index is 0.333. The molecule has 1 aromatic heterocycles. The summed E-state index contributed by atoms with van der Waals surface area (Å²) in [7, 11) is 0. The standard InChI is InChI=1S/C12H21N3O/c1-4-10(8(3)13-5-2)12-14-11(15-16-12)9-6-7-9/h8-10,13H,4-7H2,1-3H3. The van der Waals surface area contributed by atoms with Crippen LogP contribution < -0.4 is 5.32 Å². The van der Waals surface area contributed by atoms with Crippen molar-refractivity contribution >= 4 is 0 Å². The number of nitrogens with zero attached hydrogens (tertiary/aromatic N) is 2. The third kappa shape index (κ3) is 2.43. The number of hydrogen-bond acceptors (Lipinski definition) is 4. The molecule has 0 saturated heterocycles. The molecule has 2 atom stereocenters. The fraction of sp³-hybridized carbons (Fsp3) is 0.833. The Morgan fingerprint density at radius 2 is 2.19 bits per heavy atom. The van der Waals surface area contributed by atoms with Crippen molar-refractivity contribution in [1.29, 1.82) is 0 Å². The molecule has 1 aliphatic rings. The zero-order valence-electron chi connectivity index (χ0n) is 10.4. The van der Waals surface area contributed by atoms with Gasteiger partial charge in [0, 0.05) is 12.0 Å². The Kier molecular flexibility index (Phi) is 3.59. The summed E-state index contributed by atoms with van der Waals surface area (Å²) in [5, 5.41) is 7.50. The van der Waals surface area contributed by atoms with Crippen molar-refractivity contribution in [1.82, 2.24) is 15.5 Å². The third-order valence-corrected chi connectivity index (χ3v) is 3.29. The van der Waals surface area contributed by atoms with Gasteiger partial charge in [0.05, 0.1) is 5.92 Å². The Labute approximate surface area is 96.8 Å². The van der Waals surface area contributed by atoms with Crippen molar-refractivity contribution in [3.63, 3.8) is 0 Å². The van der Waals surface area contributed by atoms with Gasteiger partial charge in [-0.3, -0.25) is 0 Å². The minimum Gasteiger partial charge on any atom is -0.339 e. The van der Waals surface area contributed by atoms with Crippen LogP contribution in [0, 0.1) is 0 Å². The molecule has 1 heterocycles. The second kappa shape index (κ2) is 4.95. The van der Waals surface area contributed by atoms with Crippen molar-refractivity contribution < 1.29 is 4.52 Å². The quantitative estimate of drug-likeness (QED) is 0.804. The summed E-state index contributed by atoms with van der Waals surface area (Å²) in [6.45, 7) is 7.44. The topological polar surface area (TPSA) is 51.0 Å². The van der Waals surface area contributed by atoms with Gasteiger partial charge in [-0.25, -0.2) is 0 Å². The highest BCUT2D eigenvalue weighted by atomic mass is 16.5. The molecular weight excluding hydrogens is 202 g/mol. The average molecular weight is 223 g/mol. The number of rotatable bonds is 6. The van der Waals surface area contributed by atoms with Crippen LogP contribution in [-0.2, 0) is 0 Å². The summed E-state index contributed by atoms with van der Waals surface area (Å²) in [6.07, 6.45) is 3.47. The van der Waals surface area contributed by atoms with Crippen molar-refractivity contribution in [2.45, 2.75) is 57.9 Å². The number of hydrogen-bond donors (Lipinski definition) is 1. The van der Waals surface area contributed by atoms with Gasteiger partial charge >= 0.3 is 0 Å². The van der Waals surface area contributed by atoms with E-state index in [1.165, 1.54) is 12.8 Å². The molecule has 4 heteroatoms. The van der Waals surface area contributed by atoms with Gasteiger partial charge < -0.3 is 9.84 Å². The zero-order chi connectivity index (χ0) is 11.5. The Morgan fingerprint density at radius 3 is 2.75 bits per heavy atom. The molecule has 16 heavy (non-hydrogen) atoms. The van der Waals surface area contributed by atoms with Gasteiger partial charge in [-0.1, -0.05) is 19.0 Å².